The predicted octanol–water partition coefficient (Wildman–Crippen LogP) is 3.37. The number of benzene rings is 2. The Morgan fingerprint density at radius 3 is 2.50 bits per heavy atom. The number of carbonyl (C=O) groups excluding carboxylic acids is 1. The third kappa shape index (κ3) is 4.64. The van der Waals surface area contributed by atoms with Crippen LogP contribution in [-0.4, -0.2) is 39.8 Å². The molecule has 0 aliphatic rings. The lowest BCUT2D eigenvalue weighted by Gasteiger charge is -2.15. The van der Waals surface area contributed by atoms with Crippen LogP contribution in [0.2, 0.25) is 0 Å². The normalized spacial score (nSPS) is 11.3. The summed E-state index contributed by atoms with van der Waals surface area (Å²) in [5.41, 5.74) is 0.754. The molecule has 1 heterocycles. The Morgan fingerprint density at radius 1 is 1.10 bits per heavy atom. The summed E-state index contributed by atoms with van der Waals surface area (Å²) in [6.07, 6.45) is 1.39. The van der Waals surface area contributed by atoms with E-state index in [2.05, 4.69) is 5.32 Å². The second-order valence-corrected chi connectivity index (χ2v) is 8.63. The second-order valence-electron chi connectivity index (χ2n) is 6.48. The number of sulfonamides is 1. The van der Waals surface area contributed by atoms with Gasteiger partial charge in [-0.2, -0.15) is 0 Å². The summed E-state index contributed by atoms with van der Waals surface area (Å²) in [6, 6.07) is 15.1. The topological polar surface area (TPSA) is 98.1 Å². The van der Waals surface area contributed by atoms with Crippen LogP contribution in [0.3, 0.4) is 0 Å². The number of hydrogen-bond donors (Lipinski definition) is 1. The molecule has 3 aromatic rings. The first-order valence-electron chi connectivity index (χ1n) is 8.99. The van der Waals surface area contributed by atoms with Crippen LogP contribution in [0, 0.1) is 0 Å². The summed E-state index contributed by atoms with van der Waals surface area (Å²) in [4.78, 5) is 12.8. The Labute approximate surface area is 175 Å². The zero-order valence-corrected chi connectivity index (χ0v) is 17.6. The molecule has 158 valence electrons. The molecule has 0 radical (unpaired) electrons. The van der Waals surface area contributed by atoms with Gasteiger partial charge in [0.25, 0.3) is 5.91 Å². The number of hydrogen-bond acceptors (Lipinski definition) is 6. The molecule has 0 saturated carbocycles. The van der Waals surface area contributed by atoms with Gasteiger partial charge in [0.1, 0.15) is 18.1 Å². The third-order valence-corrected chi connectivity index (χ3v) is 6.10. The SMILES string of the molecule is COc1ccc(S(=O)(=O)N(C)C)cc1NC(=O)c1occc1COc1ccccc1. The van der Waals surface area contributed by atoms with Gasteiger partial charge in [-0.1, -0.05) is 18.2 Å². The van der Waals surface area contributed by atoms with Crippen LogP contribution in [0.1, 0.15) is 16.1 Å². The number of amides is 1. The summed E-state index contributed by atoms with van der Waals surface area (Å²) in [5.74, 6) is 0.487. The molecule has 3 rings (SSSR count). The second kappa shape index (κ2) is 9.02. The van der Waals surface area contributed by atoms with Gasteiger partial charge in [-0.3, -0.25) is 4.79 Å². The van der Waals surface area contributed by atoms with Crippen LogP contribution in [0.25, 0.3) is 0 Å². The largest absolute Gasteiger partial charge is 0.495 e. The van der Waals surface area contributed by atoms with Gasteiger partial charge in [-0.15, -0.1) is 0 Å². The molecule has 1 N–H and O–H groups in total. The summed E-state index contributed by atoms with van der Waals surface area (Å²) >= 11 is 0. The summed E-state index contributed by atoms with van der Waals surface area (Å²) in [6.45, 7) is 0.134. The van der Waals surface area contributed by atoms with Gasteiger partial charge in [0.15, 0.2) is 5.76 Å². The van der Waals surface area contributed by atoms with Crippen LogP contribution in [0.5, 0.6) is 11.5 Å². The van der Waals surface area contributed by atoms with Crippen molar-refractivity contribution in [3.63, 3.8) is 0 Å². The van der Waals surface area contributed by atoms with Crippen LogP contribution in [-0.2, 0) is 16.6 Å². The van der Waals surface area contributed by atoms with Crippen molar-refractivity contribution in [2.45, 2.75) is 11.5 Å². The monoisotopic (exact) mass is 430 g/mol. The minimum Gasteiger partial charge on any atom is -0.495 e. The number of nitrogens with one attached hydrogen (secondary N) is 1. The Balaban J connectivity index is 1.82. The molecule has 1 aromatic heterocycles. The number of anilines is 1. The molecular formula is C21H22N2O6S. The van der Waals surface area contributed by atoms with E-state index in [0.717, 1.165) is 4.31 Å². The fraction of sp³-hybridized carbons (Fsp3) is 0.190. The van der Waals surface area contributed by atoms with Crippen LogP contribution in [0.15, 0.2) is 70.2 Å². The molecule has 0 aliphatic heterocycles. The van der Waals surface area contributed by atoms with Crippen molar-refractivity contribution < 1.29 is 27.1 Å². The number of methoxy groups -OCH3 is 1. The number of nitrogens with zero attached hydrogens (tertiary/aromatic N) is 1. The van der Waals surface area contributed by atoms with E-state index in [9.17, 15) is 13.2 Å². The molecule has 30 heavy (non-hydrogen) atoms. The van der Waals surface area contributed by atoms with Crippen molar-refractivity contribution in [2.75, 3.05) is 26.5 Å². The van der Waals surface area contributed by atoms with E-state index >= 15 is 0 Å². The smallest absolute Gasteiger partial charge is 0.291 e. The van der Waals surface area contributed by atoms with E-state index < -0.39 is 15.9 Å². The van der Waals surface area contributed by atoms with E-state index in [4.69, 9.17) is 13.9 Å². The standard InChI is InChI=1S/C21H22N2O6S/c1-23(2)30(25,26)17-9-10-19(27-3)18(13-17)22-21(24)20-15(11-12-28-20)14-29-16-7-5-4-6-8-16/h4-13H,14H2,1-3H3,(H,22,24). The van der Waals surface area contributed by atoms with E-state index in [1.54, 1.807) is 18.2 Å². The van der Waals surface area contributed by atoms with Crippen molar-refractivity contribution in [3.8, 4) is 11.5 Å². The van der Waals surface area contributed by atoms with Gasteiger partial charge in [0, 0.05) is 19.7 Å². The van der Waals surface area contributed by atoms with Crippen LogP contribution < -0.4 is 14.8 Å². The number of carbonyl (C=O) groups is 1. The number of furan rings is 1. The van der Waals surface area contributed by atoms with E-state index in [1.807, 2.05) is 18.2 Å². The Bertz CT molecular complexity index is 1120. The lowest BCUT2D eigenvalue weighted by molar-refractivity contribution is 0.0993. The fourth-order valence-corrected chi connectivity index (χ4v) is 3.59. The van der Waals surface area contributed by atoms with Gasteiger partial charge in [-0.05, 0) is 36.4 Å². The molecule has 0 spiro atoms. The highest BCUT2D eigenvalue weighted by atomic mass is 32.2. The highest BCUT2D eigenvalue weighted by Crippen LogP contribution is 2.29. The summed E-state index contributed by atoms with van der Waals surface area (Å²) < 4.78 is 42.2. The Hall–Kier alpha value is -3.30. The minimum absolute atomic E-state index is 0.0238. The molecule has 0 unspecified atom stereocenters. The maximum atomic E-state index is 12.8. The first-order chi connectivity index (χ1) is 14.3. The number of ether oxygens (including phenoxy) is 2. The zero-order chi connectivity index (χ0) is 21.7. The van der Waals surface area contributed by atoms with Crippen molar-refractivity contribution in [1.29, 1.82) is 0 Å². The van der Waals surface area contributed by atoms with Gasteiger partial charge >= 0.3 is 0 Å². The van der Waals surface area contributed by atoms with Crippen molar-refractivity contribution in [1.82, 2.24) is 4.31 Å². The molecule has 9 heteroatoms. The lowest BCUT2D eigenvalue weighted by atomic mass is 10.2. The van der Waals surface area contributed by atoms with Crippen molar-refractivity contribution in [2.24, 2.45) is 0 Å². The van der Waals surface area contributed by atoms with Crippen LogP contribution >= 0.6 is 0 Å². The molecule has 0 fully saturated rings. The lowest BCUT2D eigenvalue weighted by Crippen LogP contribution is -2.22. The Morgan fingerprint density at radius 2 is 1.83 bits per heavy atom. The molecule has 0 saturated heterocycles. The average molecular weight is 430 g/mol. The van der Waals surface area contributed by atoms with Crippen LogP contribution in [0.4, 0.5) is 5.69 Å². The molecule has 0 bridgehead atoms. The molecule has 1 amide bonds. The van der Waals surface area contributed by atoms with Crippen molar-refractivity contribution in [3.05, 3.63) is 72.2 Å². The van der Waals surface area contributed by atoms with Gasteiger partial charge in [0.05, 0.1) is 24.0 Å². The van der Waals surface area contributed by atoms with Gasteiger partial charge in [0.2, 0.25) is 10.0 Å². The summed E-state index contributed by atoms with van der Waals surface area (Å²) in [5, 5.41) is 2.66. The van der Waals surface area contributed by atoms with E-state index in [0.29, 0.717) is 17.1 Å². The Kier molecular flexibility index (Phi) is 6.43. The van der Waals surface area contributed by atoms with Gasteiger partial charge < -0.3 is 19.2 Å². The van der Waals surface area contributed by atoms with E-state index in [1.165, 1.54) is 45.7 Å². The number of rotatable bonds is 8. The van der Waals surface area contributed by atoms with Gasteiger partial charge in [-0.25, -0.2) is 12.7 Å². The van der Waals surface area contributed by atoms with E-state index in [-0.39, 0.29) is 22.9 Å². The zero-order valence-electron chi connectivity index (χ0n) is 16.8. The quantitative estimate of drug-likeness (QED) is 0.588. The highest BCUT2D eigenvalue weighted by molar-refractivity contribution is 7.89. The predicted molar refractivity (Wildman–Crippen MR) is 111 cm³/mol. The maximum absolute atomic E-state index is 12.8. The average Bonchev–Trinajstić information content (AvgIpc) is 3.21. The minimum atomic E-state index is -3.68. The third-order valence-electron chi connectivity index (χ3n) is 4.29. The maximum Gasteiger partial charge on any atom is 0.291 e. The van der Waals surface area contributed by atoms with Crippen molar-refractivity contribution >= 4 is 21.6 Å². The first kappa shape index (κ1) is 21.4. The molecule has 8 nitrogen and oxygen atoms in total. The molecular weight excluding hydrogens is 408 g/mol. The number of para-hydroxylation sites is 1. The molecule has 2 aromatic carbocycles. The fourth-order valence-electron chi connectivity index (χ4n) is 2.66. The first-order valence-corrected chi connectivity index (χ1v) is 10.4. The molecule has 0 aliphatic carbocycles. The molecule has 0 atom stereocenters. The summed E-state index contributed by atoms with van der Waals surface area (Å²) in [7, 11) is 0.610. The highest BCUT2D eigenvalue weighted by Gasteiger charge is 2.22.